The monoisotopic (exact) mass is 496 g/mol. The number of hydrogen-bond donors (Lipinski definition) is 2. The fraction of sp³-hybridized carbons (Fsp3) is 0.409. The van der Waals surface area contributed by atoms with Gasteiger partial charge in [-0.2, -0.15) is 0 Å². The molecule has 180 valence electrons. The van der Waals surface area contributed by atoms with Crippen LogP contribution in [0, 0.1) is 0 Å². The van der Waals surface area contributed by atoms with Crippen molar-refractivity contribution < 1.29 is 31.5 Å². The molecule has 2 N–H and O–H groups in total. The Morgan fingerprint density at radius 3 is 2.52 bits per heavy atom. The highest BCUT2D eigenvalue weighted by atomic mass is 32.2. The number of carbonyl (C=O) groups is 1. The van der Waals surface area contributed by atoms with Gasteiger partial charge in [0.1, 0.15) is 0 Å². The maximum absolute atomic E-state index is 13.4. The maximum Gasteiger partial charge on any atom is 0.337 e. The number of nitrogens with zero attached hydrogens (tertiary/aromatic N) is 1. The first-order chi connectivity index (χ1) is 15.5. The summed E-state index contributed by atoms with van der Waals surface area (Å²) in [5, 5.41) is 10.1. The molecule has 0 aliphatic carbocycles. The molecular formula is C22H28N2O7S2. The van der Waals surface area contributed by atoms with Crippen molar-refractivity contribution in [2.75, 3.05) is 36.1 Å². The summed E-state index contributed by atoms with van der Waals surface area (Å²) in [6.45, 7) is 2.67. The van der Waals surface area contributed by atoms with Crippen molar-refractivity contribution in [1.29, 1.82) is 0 Å². The molecule has 0 unspecified atom stereocenters. The molecule has 33 heavy (non-hydrogen) atoms. The molecule has 1 fully saturated rings. The van der Waals surface area contributed by atoms with Gasteiger partial charge in [-0.3, -0.25) is 4.72 Å². The van der Waals surface area contributed by atoms with E-state index in [0.717, 1.165) is 6.26 Å². The Labute approximate surface area is 194 Å². The number of aryl methyl sites for hydroxylation is 1. The molecule has 3 rings (SSSR count). The molecule has 0 radical (unpaired) electrons. The summed E-state index contributed by atoms with van der Waals surface area (Å²) in [6, 6.07) is 8.53. The molecule has 0 amide bonds. The van der Waals surface area contributed by atoms with Gasteiger partial charge in [-0.1, -0.05) is 13.0 Å². The standard InChI is InChI=1S/C22H28N2O7S2/c1-4-15-7-8-16(22(26)31-2)12-21(15)33(29,30)23-19-13-18(32(3,27)28)9-10-20(19)24-11-5-6-17(25)14-24/h7-10,12-13,17,23,25H,4-6,11,14H2,1-3H3/t17-/m1/s1. The maximum atomic E-state index is 13.4. The van der Waals surface area contributed by atoms with Crippen LogP contribution in [0.2, 0.25) is 0 Å². The molecule has 1 atom stereocenters. The van der Waals surface area contributed by atoms with E-state index in [1.807, 2.05) is 4.90 Å². The lowest BCUT2D eigenvalue weighted by Gasteiger charge is -2.33. The highest BCUT2D eigenvalue weighted by Crippen LogP contribution is 2.33. The van der Waals surface area contributed by atoms with Gasteiger partial charge in [-0.15, -0.1) is 0 Å². The number of carbonyl (C=O) groups excluding carboxylic acids is 1. The van der Waals surface area contributed by atoms with Crippen LogP contribution in [0.15, 0.2) is 46.2 Å². The van der Waals surface area contributed by atoms with Crippen molar-refractivity contribution >= 4 is 37.2 Å². The number of sulfone groups is 1. The summed E-state index contributed by atoms with van der Waals surface area (Å²) in [5.74, 6) is -0.670. The summed E-state index contributed by atoms with van der Waals surface area (Å²) in [5.41, 5.74) is 1.12. The number of β-amino-alcohol motifs (C(OH)–C–C–N with tert-alkyl or cyclic N) is 1. The van der Waals surface area contributed by atoms with Gasteiger partial charge >= 0.3 is 5.97 Å². The van der Waals surface area contributed by atoms with Crippen molar-refractivity contribution in [3.05, 3.63) is 47.5 Å². The number of esters is 1. The van der Waals surface area contributed by atoms with E-state index < -0.39 is 31.9 Å². The number of anilines is 2. The van der Waals surface area contributed by atoms with Crippen molar-refractivity contribution in [2.24, 2.45) is 0 Å². The number of aliphatic hydroxyl groups is 1. The molecule has 2 aromatic carbocycles. The molecule has 2 aromatic rings. The Balaban J connectivity index is 2.11. The van der Waals surface area contributed by atoms with E-state index in [1.54, 1.807) is 13.0 Å². The van der Waals surface area contributed by atoms with Crippen LogP contribution in [-0.2, 0) is 31.0 Å². The molecule has 0 saturated carbocycles. The number of methoxy groups -OCH3 is 1. The van der Waals surface area contributed by atoms with Crippen molar-refractivity contribution in [3.8, 4) is 0 Å². The Hall–Kier alpha value is -2.63. The largest absolute Gasteiger partial charge is 0.465 e. The normalized spacial score (nSPS) is 17.0. The molecule has 1 aliphatic heterocycles. The van der Waals surface area contributed by atoms with Crippen LogP contribution in [0.25, 0.3) is 0 Å². The van der Waals surface area contributed by atoms with Gasteiger partial charge in [-0.05, 0) is 55.2 Å². The van der Waals surface area contributed by atoms with Crippen molar-refractivity contribution in [1.82, 2.24) is 0 Å². The number of piperidine rings is 1. The van der Waals surface area contributed by atoms with E-state index in [0.29, 0.717) is 43.6 Å². The van der Waals surface area contributed by atoms with Crippen LogP contribution in [0.4, 0.5) is 11.4 Å². The van der Waals surface area contributed by atoms with Crippen LogP contribution in [-0.4, -0.2) is 60.5 Å². The molecule has 0 spiro atoms. The number of rotatable bonds is 7. The number of hydrogen-bond acceptors (Lipinski definition) is 8. The van der Waals surface area contributed by atoms with E-state index in [-0.39, 0.29) is 21.0 Å². The van der Waals surface area contributed by atoms with E-state index in [2.05, 4.69) is 4.72 Å². The predicted molar refractivity (Wildman–Crippen MR) is 125 cm³/mol. The molecular weight excluding hydrogens is 468 g/mol. The van der Waals surface area contributed by atoms with Crippen molar-refractivity contribution in [2.45, 2.75) is 42.1 Å². The van der Waals surface area contributed by atoms with E-state index in [4.69, 9.17) is 4.74 Å². The average Bonchev–Trinajstić information content (AvgIpc) is 2.77. The minimum absolute atomic E-state index is 0.0412. The zero-order valence-corrected chi connectivity index (χ0v) is 20.4. The van der Waals surface area contributed by atoms with Crippen LogP contribution < -0.4 is 9.62 Å². The van der Waals surface area contributed by atoms with Crippen molar-refractivity contribution in [3.63, 3.8) is 0 Å². The van der Waals surface area contributed by atoms with Gasteiger partial charge in [-0.25, -0.2) is 21.6 Å². The molecule has 0 aromatic heterocycles. The summed E-state index contributed by atoms with van der Waals surface area (Å²) in [6.07, 6.45) is 2.22. The molecule has 1 saturated heterocycles. The number of ether oxygens (including phenoxy) is 1. The van der Waals surface area contributed by atoms with E-state index >= 15 is 0 Å². The third kappa shape index (κ3) is 5.66. The average molecular weight is 497 g/mol. The Kier molecular flexibility index (Phi) is 7.35. The van der Waals surface area contributed by atoms with Crippen LogP contribution >= 0.6 is 0 Å². The van der Waals surface area contributed by atoms with Gasteiger partial charge in [0.15, 0.2) is 9.84 Å². The number of sulfonamides is 1. The second-order valence-corrected chi connectivity index (χ2v) is 11.6. The zero-order valence-electron chi connectivity index (χ0n) is 18.7. The summed E-state index contributed by atoms with van der Waals surface area (Å²) < 4.78 is 58.3. The number of nitrogens with one attached hydrogen (secondary N) is 1. The first kappa shape index (κ1) is 25.0. The molecule has 11 heteroatoms. The quantitative estimate of drug-likeness (QED) is 0.558. The molecule has 1 heterocycles. The third-order valence-electron chi connectivity index (χ3n) is 5.54. The fourth-order valence-electron chi connectivity index (χ4n) is 3.82. The zero-order chi connectivity index (χ0) is 24.4. The second kappa shape index (κ2) is 9.70. The first-order valence-corrected chi connectivity index (χ1v) is 13.8. The van der Waals surface area contributed by atoms with Gasteiger partial charge in [0.2, 0.25) is 0 Å². The smallest absolute Gasteiger partial charge is 0.337 e. The van der Waals surface area contributed by atoms with Gasteiger partial charge in [0.05, 0.1) is 39.9 Å². The second-order valence-electron chi connectivity index (χ2n) is 7.97. The van der Waals surface area contributed by atoms with Crippen LogP contribution in [0.3, 0.4) is 0 Å². The SMILES string of the molecule is CCc1ccc(C(=O)OC)cc1S(=O)(=O)Nc1cc(S(C)(=O)=O)ccc1N1CCC[C@@H](O)C1. The van der Waals surface area contributed by atoms with Gasteiger partial charge < -0.3 is 14.7 Å². The van der Waals surface area contributed by atoms with Gasteiger partial charge in [0.25, 0.3) is 10.0 Å². The lowest BCUT2D eigenvalue weighted by molar-refractivity contribution is 0.0600. The van der Waals surface area contributed by atoms with Crippen LogP contribution in [0.1, 0.15) is 35.7 Å². The third-order valence-corrected chi connectivity index (χ3v) is 8.09. The first-order valence-electron chi connectivity index (χ1n) is 10.5. The lowest BCUT2D eigenvalue weighted by atomic mass is 10.1. The Bertz CT molecular complexity index is 1260. The number of aliphatic hydroxyl groups excluding tert-OH is 1. The minimum atomic E-state index is -4.20. The van der Waals surface area contributed by atoms with Crippen LogP contribution in [0.5, 0.6) is 0 Å². The topological polar surface area (TPSA) is 130 Å². The highest BCUT2D eigenvalue weighted by Gasteiger charge is 2.26. The molecule has 9 nitrogen and oxygen atoms in total. The fourth-order valence-corrected chi connectivity index (χ4v) is 5.87. The van der Waals surface area contributed by atoms with E-state index in [1.165, 1.54) is 37.4 Å². The Morgan fingerprint density at radius 1 is 1.18 bits per heavy atom. The number of benzene rings is 2. The highest BCUT2D eigenvalue weighted by molar-refractivity contribution is 7.92. The Morgan fingerprint density at radius 2 is 1.91 bits per heavy atom. The molecule has 0 bridgehead atoms. The lowest BCUT2D eigenvalue weighted by Crippen LogP contribution is -2.38. The summed E-state index contributed by atoms with van der Waals surface area (Å²) in [7, 11) is -6.59. The van der Waals surface area contributed by atoms with E-state index in [9.17, 15) is 26.7 Å². The minimum Gasteiger partial charge on any atom is -0.465 e. The summed E-state index contributed by atoms with van der Waals surface area (Å²) >= 11 is 0. The summed E-state index contributed by atoms with van der Waals surface area (Å²) in [4.78, 5) is 13.6. The predicted octanol–water partition coefficient (Wildman–Crippen LogP) is 2.20. The van der Waals surface area contributed by atoms with Gasteiger partial charge in [0, 0.05) is 19.3 Å². The molecule has 1 aliphatic rings.